The number of pyridine rings is 2. The minimum absolute atomic E-state index is 0.0972. The Morgan fingerprint density at radius 2 is 1.74 bits per heavy atom. The van der Waals surface area contributed by atoms with Gasteiger partial charge in [-0.05, 0) is 42.3 Å². The molecule has 1 unspecified atom stereocenters. The van der Waals surface area contributed by atoms with E-state index >= 15 is 0 Å². The molecule has 0 saturated carbocycles. The second-order valence-electron chi connectivity index (χ2n) is 8.44. The summed E-state index contributed by atoms with van der Waals surface area (Å²) in [6, 6.07) is 20.9. The molecule has 0 amide bonds. The van der Waals surface area contributed by atoms with Crippen LogP contribution in [-0.4, -0.2) is 19.1 Å². The van der Waals surface area contributed by atoms with Crippen molar-refractivity contribution in [1.29, 1.82) is 0 Å². The van der Waals surface area contributed by atoms with Gasteiger partial charge in [0.15, 0.2) is 4.87 Å². The minimum Gasteiger partial charge on any atom is -0.336 e. The fourth-order valence-corrected chi connectivity index (χ4v) is 4.89. The second kappa shape index (κ2) is 8.42. The third kappa shape index (κ3) is 3.61. The van der Waals surface area contributed by atoms with E-state index < -0.39 is 4.87 Å². The monoisotopic (exact) mass is 488 g/mol. The number of imidazole rings is 1. The normalized spacial score (nSPS) is 13.2. The van der Waals surface area contributed by atoms with Crippen LogP contribution in [0.4, 0.5) is 0 Å². The lowest BCUT2D eigenvalue weighted by Gasteiger charge is -2.28. The predicted molar refractivity (Wildman–Crippen MR) is 138 cm³/mol. The van der Waals surface area contributed by atoms with Gasteiger partial charge in [-0.1, -0.05) is 53.6 Å². The highest BCUT2D eigenvalue weighted by atomic mass is 35.5. The average molecular weight is 489 g/mol. The Hall–Kier alpha value is -3.41. The highest BCUT2D eigenvalue weighted by Crippen LogP contribution is 2.43. The van der Waals surface area contributed by atoms with E-state index in [1.54, 1.807) is 30.2 Å². The van der Waals surface area contributed by atoms with Crippen molar-refractivity contribution < 1.29 is 0 Å². The van der Waals surface area contributed by atoms with Crippen LogP contribution >= 0.6 is 23.2 Å². The average Bonchev–Trinajstić information content (AvgIpc) is 3.27. The zero-order valence-electron chi connectivity index (χ0n) is 19.0. The van der Waals surface area contributed by atoms with Crippen molar-refractivity contribution >= 4 is 34.2 Å². The standard InChI is InChI=1S/C27H22Cl2N4O/c1-17-5-4-6-18(13-17)21-14-25(34)33(3)22-11-12-23(31-26(21)22)27(29,24-15-30-16-32(24)2)19-7-9-20(28)10-8-19/h4-16H,1-3H3. The van der Waals surface area contributed by atoms with E-state index in [4.69, 9.17) is 28.2 Å². The molecule has 0 saturated heterocycles. The zero-order valence-corrected chi connectivity index (χ0v) is 20.5. The van der Waals surface area contributed by atoms with Crippen molar-refractivity contribution in [3.63, 3.8) is 0 Å². The summed E-state index contributed by atoms with van der Waals surface area (Å²) in [5.41, 5.74) is 6.34. The topological polar surface area (TPSA) is 52.7 Å². The summed E-state index contributed by atoms with van der Waals surface area (Å²) in [6.07, 6.45) is 3.46. The summed E-state index contributed by atoms with van der Waals surface area (Å²) < 4.78 is 3.49. The van der Waals surface area contributed by atoms with Gasteiger partial charge in [0.05, 0.1) is 34.9 Å². The van der Waals surface area contributed by atoms with Crippen LogP contribution in [0, 0.1) is 6.92 Å². The number of benzene rings is 2. The quantitative estimate of drug-likeness (QED) is 0.299. The van der Waals surface area contributed by atoms with Gasteiger partial charge < -0.3 is 9.13 Å². The van der Waals surface area contributed by atoms with Crippen LogP contribution in [0.25, 0.3) is 22.2 Å². The number of hydrogen-bond acceptors (Lipinski definition) is 3. The molecule has 0 aliphatic carbocycles. The number of aromatic nitrogens is 4. The van der Waals surface area contributed by atoms with E-state index in [0.717, 1.165) is 33.5 Å². The number of hydrogen-bond donors (Lipinski definition) is 0. The number of halogens is 2. The molecular weight excluding hydrogens is 467 g/mol. The van der Waals surface area contributed by atoms with Crippen LogP contribution in [0.3, 0.4) is 0 Å². The van der Waals surface area contributed by atoms with Gasteiger partial charge in [0.1, 0.15) is 0 Å². The van der Waals surface area contributed by atoms with Gasteiger partial charge in [-0.15, -0.1) is 11.6 Å². The summed E-state index contributed by atoms with van der Waals surface area (Å²) >= 11 is 13.6. The highest BCUT2D eigenvalue weighted by molar-refractivity contribution is 6.31. The van der Waals surface area contributed by atoms with Gasteiger partial charge in [0, 0.05) is 30.7 Å². The predicted octanol–water partition coefficient (Wildman–Crippen LogP) is 5.83. The van der Waals surface area contributed by atoms with Crippen molar-refractivity contribution in [2.24, 2.45) is 14.1 Å². The molecule has 2 aromatic carbocycles. The molecule has 3 aromatic heterocycles. The van der Waals surface area contributed by atoms with Gasteiger partial charge in [0.2, 0.25) is 0 Å². The minimum atomic E-state index is -1.12. The summed E-state index contributed by atoms with van der Waals surface area (Å²) in [4.78, 5) is 21.0. The fourth-order valence-electron chi connectivity index (χ4n) is 4.35. The van der Waals surface area contributed by atoms with Crippen LogP contribution in [0.15, 0.2) is 84.0 Å². The van der Waals surface area contributed by atoms with Crippen molar-refractivity contribution in [3.8, 4) is 11.1 Å². The highest BCUT2D eigenvalue weighted by Gasteiger charge is 2.38. The maximum absolute atomic E-state index is 12.8. The number of nitrogens with zero attached hydrogens (tertiary/aromatic N) is 4. The first-order valence-corrected chi connectivity index (χ1v) is 11.5. The molecular formula is C27H22Cl2N4O. The molecule has 5 rings (SSSR count). The SMILES string of the molecule is Cc1cccc(-c2cc(=O)n(C)c3ccc(C(Cl)(c4ccc(Cl)cc4)c4cncn4C)nc23)c1. The van der Waals surface area contributed by atoms with E-state index in [-0.39, 0.29) is 5.56 Å². The van der Waals surface area contributed by atoms with Gasteiger partial charge in [-0.3, -0.25) is 4.79 Å². The van der Waals surface area contributed by atoms with Crippen LogP contribution in [0.1, 0.15) is 22.5 Å². The molecule has 34 heavy (non-hydrogen) atoms. The summed E-state index contributed by atoms with van der Waals surface area (Å²) in [6.45, 7) is 2.03. The number of alkyl halides is 1. The summed E-state index contributed by atoms with van der Waals surface area (Å²) in [7, 11) is 3.65. The first-order valence-electron chi connectivity index (χ1n) is 10.8. The molecule has 7 heteroatoms. The smallest absolute Gasteiger partial charge is 0.251 e. The molecule has 5 nitrogen and oxygen atoms in total. The molecule has 0 bridgehead atoms. The molecule has 3 heterocycles. The first-order chi connectivity index (χ1) is 16.3. The lowest BCUT2D eigenvalue weighted by molar-refractivity contribution is 0.729. The van der Waals surface area contributed by atoms with Crippen molar-refractivity contribution in [3.05, 3.63) is 117 Å². The lowest BCUT2D eigenvalue weighted by Crippen LogP contribution is -2.27. The maximum atomic E-state index is 12.8. The number of rotatable bonds is 4. The first kappa shape index (κ1) is 22.4. The van der Waals surface area contributed by atoms with Crippen LogP contribution < -0.4 is 5.56 Å². The summed E-state index contributed by atoms with van der Waals surface area (Å²) in [5, 5.41) is 0.621. The van der Waals surface area contributed by atoms with E-state index in [1.807, 2.05) is 73.1 Å². The number of aryl methyl sites for hydroxylation is 3. The Morgan fingerprint density at radius 3 is 2.41 bits per heavy atom. The third-order valence-corrected chi connectivity index (χ3v) is 7.04. The Morgan fingerprint density at radius 1 is 0.971 bits per heavy atom. The Labute approximate surface area is 207 Å². The van der Waals surface area contributed by atoms with E-state index in [2.05, 4.69) is 11.1 Å². The van der Waals surface area contributed by atoms with E-state index in [0.29, 0.717) is 16.2 Å². The molecule has 0 aliphatic rings. The molecule has 170 valence electrons. The largest absolute Gasteiger partial charge is 0.336 e. The van der Waals surface area contributed by atoms with Gasteiger partial charge in [-0.2, -0.15) is 0 Å². The maximum Gasteiger partial charge on any atom is 0.251 e. The molecule has 0 N–H and O–H groups in total. The second-order valence-corrected chi connectivity index (χ2v) is 9.45. The van der Waals surface area contributed by atoms with Crippen molar-refractivity contribution in [2.75, 3.05) is 0 Å². The van der Waals surface area contributed by atoms with Crippen LogP contribution in [-0.2, 0) is 19.0 Å². The van der Waals surface area contributed by atoms with Crippen LogP contribution in [0.5, 0.6) is 0 Å². The van der Waals surface area contributed by atoms with Crippen LogP contribution in [0.2, 0.25) is 5.02 Å². The lowest BCUT2D eigenvalue weighted by atomic mass is 9.90. The van der Waals surface area contributed by atoms with Crippen molar-refractivity contribution in [1.82, 2.24) is 19.1 Å². The molecule has 1 atom stereocenters. The molecule has 5 aromatic rings. The molecule has 0 aliphatic heterocycles. The van der Waals surface area contributed by atoms with Crippen molar-refractivity contribution in [2.45, 2.75) is 11.8 Å². The van der Waals surface area contributed by atoms with E-state index in [9.17, 15) is 4.79 Å². The molecule has 0 radical (unpaired) electrons. The Kier molecular flexibility index (Phi) is 5.54. The number of fused-ring (bicyclic) bond motifs is 1. The van der Waals surface area contributed by atoms with Gasteiger partial charge >= 0.3 is 0 Å². The third-order valence-electron chi connectivity index (χ3n) is 6.18. The Balaban J connectivity index is 1.84. The molecule has 0 spiro atoms. The Bertz CT molecular complexity index is 1590. The zero-order chi connectivity index (χ0) is 24.0. The molecule has 0 fully saturated rings. The fraction of sp³-hybridized carbons (Fsp3) is 0.148. The van der Waals surface area contributed by atoms with E-state index in [1.165, 1.54) is 0 Å². The van der Waals surface area contributed by atoms with Gasteiger partial charge in [-0.25, -0.2) is 9.97 Å². The van der Waals surface area contributed by atoms with Gasteiger partial charge in [0.25, 0.3) is 5.56 Å². The summed E-state index contributed by atoms with van der Waals surface area (Å²) in [5.74, 6) is 0.